The Morgan fingerprint density at radius 1 is 1.38 bits per heavy atom. The van der Waals surface area contributed by atoms with Gasteiger partial charge in [0.2, 0.25) is 5.91 Å². The predicted molar refractivity (Wildman–Crippen MR) is 52.4 cm³/mol. The van der Waals surface area contributed by atoms with Crippen molar-refractivity contribution in [2.75, 3.05) is 5.32 Å². The molecule has 0 radical (unpaired) electrons. The quantitative estimate of drug-likeness (QED) is 0.714. The van der Waals surface area contributed by atoms with Crippen molar-refractivity contribution in [3.05, 3.63) is 22.2 Å². The summed E-state index contributed by atoms with van der Waals surface area (Å²) in [6, 6.07) is 2.84. The Morgan fingerprint density at radius 2 is 2.00 bits per heavy atom. The largest absolute Gasteiger partial charge is 0.506 e. The number of nitrogens with one attached hydrogen (secondary N) is 1. The van der Waals surface area contributed by atoms with Gasteiger partial charge in [0.15, 0.2) is 0 Å². The van der Waals surface area contributed by atoms with Crippen LogP contribution in [0.4, 0.5) is 5.69 Å². The molecule has 0 heterocycles. The molecule has 0 aliphatic heterocycles. The van der Waals surface area contributed by atoms with Gasteiger partial charge < -0.3 is 10.4 Å². The highest BCUT2D eigenvalue weighted by atomic mass is 35.5. The fourth-order valence-corrected chi connectivity index (χ4v) is 1.20. The van der Waals surface area contributed by atoms with Crippen LogP contribution in [0.15, 0.2) is 12.1 Å². The van der Waals surface area contributed by atoms with Gasteiger partial charge in [-0.05, 0) is 12.1 Å². The molecule has 0 fully saturated rings. The molecule has 0 saturated heterocycles. The number of halogens is 2. The van der Waals surface area contributed by atoms with Crippen molar-refractivity contribution in [1.82, 2.24) is 0 Å². The first-order chi connectivity index (χ1) is 6.02. The van der Waals surface area contributed by atoms with Crippen molar-refractivity contribution >= 4 is 34.8 Å². The van der Waals surface area contributed by atoms with Crippen LogP contribution in [0.1, 0.15) is 6.92 Å². The lowest BCUT2D eigenvalue weighted by atomic mass is 10.3. The van der Waals surface area contributed by atoms with Crippen LogP contribution in [0.25, 0.3) is 0 Å². The summed E-state index contributed by atoms with van der Waals surface area (Å²) in [7, 11) is 0. The molecule has 0 saturated carbocycles. The molecule has 13 heavy (non-hydrogen) atoms. The third-order valence-electron chi connectivity index (χ3n) is 1.37. The zero-order valence-corrected chi connectivity index (χ0v) is 8.28. The molecule has 0 aromatic heterocycles. The minimum Gasteiger partial charge on any atom is -0.506 e. The number of phenolic OH excluding ortho intramolecular Hbond substituents is 1. The van der Waals surface area contributed by atoms with Gasteiger partial charge in [-0.2, -0.15) is 0 Å². The highest BCUT2D eigenvalue weighted by Crippen LogP contribution is 2.36. The van der Waals surface area contributed by atoms with E-state index in [4.69, 9.17) is 28.3 Å². The second-order valence-corrected chi connectivity index (χ2v) is 3.20. The van der Waals surface area contributed by atoms with Gasteiger partial charge in [-0.15, -0.1) is 0 Å². The van der Waals surface area contributed by atoms with E-state index < -0.39 is 0 Å². The Bertz CT molecular complexity index is 352. The van der Waals surface area contributed by atoms with Crippen LogP contribution in [0, 0.1) is 0 Å². The van der Waals surface area contributed by atoms with E-state index in [0.29, 0.717) is 5.69 Å². The van der Waals surface area contributed by atoms with Crippen molar-refractivity contribution in [3.63, 3.8) is 0 Å². The van der Waals surface area contributed by atoms with Gasteiger partial charge in [-0.3, -0.25) is 4.79 Å². The molecular formula is C8H7Cl2NO2. The summed E-state index contributed by atoms with van der Waals surface area (Å²) in [4.78, 5) is 10.7. The summed E-state index contributed by atoms with van der Waals surface area (Å²) in [6.07, 6.45) is 0. The number of hydrogen-bond donors (Lipinski definition) is 2. The summed E-state index contributed by atoms with van der Waals surface area (Å²) in [6.45, 7) is 1.36. The Morgan fingerprint density at radius 3 is 2.54 bits per heavy atom. The van der Waals surface area contributed by atoms with Gasteiger partial charge in [-0.1, -0.05) is 23.2 Å². The molecular weight excluding hydrogens is 213 g/mol. The summed E-state index contributed by atoms with van der Waals surface area (Å²) < 4.78 is 0. The number of phenols is 1. The van der Waals surface area contributed by atoms with Crippen molar-refractivity contribution in [2.45, 2.75) is 6.92 Å². The number of anilines is 1. The molecule has 0 unspecified atom stereocenters. The van der Waals surface area contributed by atoms with Gasteiger partial charge >= 0.3 is 0 Å². The van der Waals surface area contributed by atoms with Gasteiger partial charge in [0, 0.05) is 6.92 Å². The lowest BCUT2D eigenvalue weighted by Crippen LogP contribution is -2.06. The Labute approximate surface area is 85.3 Å². The van der Waals surface area contributed by atoms with Gasteiger partial charge in [0.05, 0.1) is 10.7 Å². The van der Waals surface area contributed by atoms with Crippen LogP contribution in [-0.2, 0) is 4.79 Å². The zero-order valence-electron chi connectivity index (χ0n) is 6.77. The highest BCUT2D eigenvalue weighted by Gasteiger charge is 2.09. The van der Waals surface area contributed by atoms with E-state index >= 15 is 0 Å². The number of carbonyl (C=O) groups is 1. The molecule has 5 heteroatoms. The standard InChI is InChI=1S/C8H7Cl2NO2/c1-4(12)11-5-2-3-6(13)8(10)7(5)9/h2-3,13H,1H3,(H,11,12). The van der Waals surface area contributed by atoms with E-state index in [1.54, 1.807) is 0 Å². The molecule has 1 aromatic rings. The molecule has 0 atom stereocenters. The van der Waals surface area contributed by atoms with Gasteiger partial charge in [-0.25, -0.2) is 0 Å². The van der Waals surface area contributed by atoms with Crippen LogP contribution < -0.4 is 5.32 Å². The number of amides is 1. The van der Waals surface area contributed by atoms with Crippen molar-refractivity contribution in [3.8, 4) is 5.75 Å². The third-order valence-corrected chi connectivity index (χ3v) is 2.24. The molecule has 0 spiro atoms. The monoisotopic (exact) mass is 219 g/mol. The normalized spacial score (nSPS) is 9.77. The topological polar surface area (TPSA) is 49.3 Å². The first-order valence-corrected chi connectivity index (χ1v) is 4.22. The third kappa shape index (κ3) is 2.26. The number of aromatic hydroxyl groups is 1. The van der Waals surface area contributed by atoms with E-state index in [0.717, 1.165) is 0 Å². The summed E-state index contributed by atoms with van der Waals surface area (Å²) in [5.74, 6) is -0.357. The number of rotatable bonds is 1. The van der Waals surface area contributed by atoms with Crippen LogP contribution in [-0.4, -0.2) is 11.0 Å². The van der Waals surface area contributed by atoms with E-state index in [9.17, 15) is 4.79 Å². The average Bonchev–Trinajstić information content (AvgIpc) is 2.06. The summed E-state index contributed by atoms with van der Waals surface area (Å²) in [5.41, 5.74) is 0.386. The maximum atomic E-state index is 10.7. The Hall–Kier alpha value is -0.930. The summed E-state index contributed by atoms with van der Waals surface area (Å²) in [5, 5.41) is 11.8. The molecule has 1 aromatic carbocycles. The first-order valence-electron chi connectivity index (χ1n) is 3.47. The van der Waals surface area contributed by atoms with Gasteiger partial charge in [0.1, 0.15) is 10.8 Å². The second kappa shape index (κ2) is 3.85. The van der Waals surface area contributed by atoms with Crippen molar-refractivity contribution in [1.29, 1.82) is 0 Å². The molecule has 1 rings (SSSR count). The Kier molecular flexibility index (Phi) is 3.01. The van der Waals surface area contributed by atoms with Crippen molar-refractivity contribution in [2.24, 2.45) is 0 Å². The average molecular weight is 220 g/mol. The number of hydrogen-bond acceptors (Lipinski definition) is 2. The first kappa shape index (κ1) is 10.2. The maximum absolute atomic E-state index is 10.7. The van der Waals surface area contributed by atoms with E-state index in [-0.39, 0.29) is 21.7 Å². The minimum atomic E-state index is -0.247. The van der Waals surface area contributed by atoms with Crippen LogP contribution in [0.2, 0.25) is 10.0 Å². The summed E-state index contributed by atoms with van der Waals surface area (Å²) >= 11 is 11.4. The van der Waals surface area contributed by atoms with E-state index in [2.05, 4.69) is 5.32 Å². The number of carbonyl (C=O) groups excluding carboxylic acids is 1. The predicted octanol–water partition coefficient (Wildman–Crippen LogP) is 2.66. The molecule has 3 nitrogen and oxygen atoms in total. The smallest absolute Gasteiger partial charge is 0.221 e. The zero-order chi connectivity index (χ0) is 10.0. The van der Waals surface area contributed by atoms with E-state index in [1.807, 2.05) is 0 Å². The fraction of sp³-hybridized carbons (Fsp3) is 0.125. The van der Waals surface area contributed by atoms with E-state index in [1.165, 1.54) is 19.1 Å². The van der Waals surface area contributed by atoms with Crippen LogP contribution in [0.3, 0.4) is 0 Å². The molecule has 2 N–H and O–H groups in total. The fourth-order valence-electron chi connectivity index (χ4n) is 0.825. The van der Waals surface area contributed by atoms with Gasteiger partial charge in [0.25, 0.3) is 0 Å². The number of benzene rings is 1. The molecule has 0 aliphatic rings. The van der Waals surface area contributed by atoms with Crippen LogP contribution in [0.5, 0.6) is 5.75 Å². The second-order valence-electron chi connectivity index (χ2n) is 2.44. The Balaban J connectivity index is 3.10. The van der Waals surface area contributed by atoms with Crippen molar-refractivity contribution < 1.29 is 9.90 Å². The lowest BCUT2D eigenvalue weighted by molar-refractivity contribution is -0.114. The SMILES string of the molecule is CC(=O)Nc1ccc(O)c(Cl)c1Cl. The molecule has 0 aliphatic carbocycles. The maximum Gasteiger partial charge on any atom is 0.221 e. The molecule has 0 bridgehead atoms. The minimum absolute atomic E-state index is 0.0351. The molecule has 70 valence electrons. The lowest BCUT2D eigenvalue weighted by Gasteiger charge is -2.06. The highest BCUT2D eigenvalue weighted by molar-refractivity contribution is 6.44. The van der Waals surface area contributed by atoms with Crippen LogP contribution >= 0.6 is 23.2 Å². The molecule has 1 amide bonds.